The summed E-state index contributed by atoms with van der Waals surface area (Å²) >= 11 is 1.72. The van der Waals surface area contributed by atoms with Crippen LogP contribution < -0.4 is 4.74 Å². The third-order valence-electron chi connectivity index (χ3n) is 3.46. The van der Waals surface area contributed by atoms with Gasteiger partial charge in [-0.2, -0.15) is 11.8 Å². The number of sulfonamides is 1. The highest BCUT2D eigenvalue weighted by molar-refractivity contribution is 7.98. The van der Waals surface area contributed by atoms with E-state index in [0.29, 0.717) is 11.5 Å². The predicted octanol–water partition coefficient (Wildman–Crippen LogP) is 3.56. The normalized spacial score (nSPS) is 11.7. The minimum Gasteiger partial charge on any atom is -0.493 e. The van der Waals surface area contributed by atoms with Crippen LogP contribution in [0.5, 0.6) is 5.75 Å². The largest absolute Gasteiger partial charge is 0.493 e. The van der Waals surface area contributed by atoms with Crippen LogP contribution in [0.2, 0.25) is 0 Å². The van der Waals surface area contributed by atoms with Gasteiger partial charge in [0.25, 0.3) is 0 Å². The van der Waals surface area contributed by atoms with Crippen molar-refractivity contribution in [3.63, 3.8) is 0 Å². The number of hydrogen-bond donors (Lipinski definition) is 0. The Balaban J connectivity index is 1.81. The molecule has 130 valence electrons. The van der Waals surface area contributed by atoms with Crippen molar-refractivity contribution in [2.45, 2.75) is 17.6 Å². The molecule has 2 aromatic rings. The lowest BCUT2D eigenvalue weighted by Crippen LogP contribution is -2.22. The molecule has 0 heterocycles. The zero-order chi connectivity index (χ0) is 17.6. The number of benzene rings is 2. The first-order chi connectivity index (χ1) is 11.4. The molecule has 2 rings (SSSR count). The van der Waals surface area contributed by atoms with Crippen LogP contribution in [0.1, 0.15) is 11.1 Å². The van der Waals surface area contributed by atoms with Gasteiger partial charge in [0.05, 0.1) is 11.5 Å². The van der Waals surface area contributed by atoms with Crippen molar-refractivity contribution in [2.75, 3.05) is 26.5 Å². The van der Waals surface area contributed by atoms with Gasteiger partial charge in [-0.1, -0.05) is 29.8 Å². The van der Waals surface area contributed by atoms with E-state index in [1.54, 1.807) is 44.1 Å². The van der Waals surface area contributed by atoms with Gasteiger partial charge in [0, 0.05) is 25.6 Å². The van der Waals surface area contributed by atoms with Gasteiger partial charge >= 0.3 is 0 Å². The molecule has 0 fully saturated rings. The zero-order valence-corrected chi connectivity index (χ0v) is 15.9. The van der Waals surface area contributed by atoms with Crippen LogP contribution in [0.4, 0.5) is 0 Å². The van der Waals surface area contributed by atoms with Gasteiger partial charge in [-0.25, -0.2) is 12.7 Å². The molecule has 0 radical (unpaired) electrons. The number of ether oxygens (including phenoxy) is 1. The summed E-state index contributed by atoms with van der Waals surface area (Å²) in [5, 5.41) is 0. The van der Waals surface area contributed by atoms with Crippen LogP contribution in [0.15, 0.2) is 53.4 Å². The van der Waals surface area contributed by atoms with Crippen molar-refractivity contribution in [1.29, 1.82) is 0 Å². The molecule has 0 bridgehead atoms. The first-order valence-electron chi connectivity index (χ1n) is 7.68. The molecule has 0 aliphatic carbocycles. The van der Waals surface area contributed by atoms with E-state index in [1.807, 2.05) is 37.3 Å². The highest BCUT2D eigenvalue weighted by Crippen LogP contribution is 2.19. The molecule has 2 aromatic carbocycles. The van der Waals surface area contributed by atoms with E-state index in [-0.39, 0.29) is 0 Å². The lowest BCUT2D eigenvalue weighted by molar-refractivity contribution is 0.344. The Bertz CT molecular complexity index is 756. The van der Waals surface area contributed by atoms with Gasteiger partial charge in [0.2, 0.25) is 10.0 Å². The van der Waals surface area contributed by atoms with Gasteiger partial charge in [0.1, 0.15) is 5.75 Å². The number of thioether (sulfide) groups is 1. The molecule has 0 aliphatic heterocycles. The van der Waals surface area contributed by atoms with E-state index in [1.165, 1.54) is 9.87 Å². The number of hydrogen-bond acceptors (Lipinski definition) is 4. The van der Waals surface area contributed by atoms with Crippen LogP contribution in [0.3, 0.4) is 0 Å². The second kappa shape index (κ2) is 8.55. The van der Waals surface area contributed by atoms with Gasteiger partial charge in [-0.15, -0.1) is 0 Å². The molecule has 24 heavy (non-hydrogen) atoms. The first-order valence-corrected chi connectivity index (χ1v) is 10.3. The van der Waals surface area contributed by atoms with Crippen LogP contribution in [0, 0.1) is 6.92 Å². The summed E-state index contributed by atoms with van der Waals surface area (Å²) < 4.78 is 31.2. The Hall–Kier alpha value is -1.50. The number of rotatable bonds is 8. The summed E-state index contributed by atoms with van der Waals surface area (Å²) in [7, 11) is -0.293. The van der Waals surface area contributed by atoms with Crippen molar-refractivity contribution in [1.82, 2.24) is 4.31 Å². The summed E-state index contributed by atoms with van der Waals surface area (Å²) in [6.45, 7) is 2.67. The molecule has 0 aromatic heterocycles. The molecule has 0 saturated carbocycles. The van der Waals surface area contributed by atoms with E-state index in [9.17, 15) is 8.42 Å². The third kappa shape index (κ3) is 5.26. The SMILES string of the molecule is Cc1ccc(OCCSCc2cccc(S(=O)(=O)N(C)C)c2)cc1. The van der Waals surface area contributed by atoms with Gasteiger partial charge in [-0.05, 0) is 36.8 Å². The minimum absolute atomic E-state index is 0.335. The number of aryl methyl sites for hydroxylation is 1. The van der Waals surface area contributed by atoms with Gasteiger partial charge in [0.15, 0.2) is 0 Å². The summed E-state index contributed by atoms with van der Waals surface area (Å²) in [5.74, 6) is 2.48. The Morgan fingerprint density at radius 2 is 1.79 bits per heavy atom. The fraction of sp³-hybridized carbons (Fsp3) is 0.333. The molecule has 0 N–H and O–H groups in total. The Morgan fingerprint density at radius 3 is 2.46 bits per heavy atom. The van der Waals surface area contributed by atoms with Crippen molar-refractivity contribution in [3.8, 4) is 5.75 Å². The molecule has 4 nitrogen and oxygen atoms in total. The molecule has 0 atom stereocenters. The minimum atomic E-state index is -3.37. The lowest BCUT2D eigenvalue weighted by Gasteiger charge is -2.12. The molecular weight excluding hydrogens is 342 g/mol. The molecule has 0 unspecified atom stereocenters. The average Bonchev–Trinajstić information content (AvgIpc) is 2.56. The van der Waals surface area contributed by atoms with Gasteiger partial charge in [-0.3, -0.25) is 0 Å². The van der Waals surface area contributed by atoms with Crippen molar-refractivity contribution in [3.05, 3.63) is 59.7 Å². The molecule has 0 aliphatic rings. The Kier molecular flexibility index (Phi) is 6.71. The highest BCUT2D eigenvalue weighted by Gasteiger charge is 2.16. The number of nitrogens with zero attached hydrogens (tertiary/aromatic N) is 1. The van der Waals surface area contributed by atoms with Crippen LogP contribution in [-0.4, -0.2) is 39.2 Å². The smallest absolute Gasteiger partial charge is 0.242 e. The summed E-state index contributed by atoms with van der Waals surface area (Å²) in [6, 6.07) is 15.1. The van der Waals surface area contributed by atoms with E-state index in [4.69, 9.17) is 4.74 Å². The van der Waals surface area contributed by atoms with Crippen LogP contribution in [-0.2, 0) is 15.8 Å². The first kappa shape index (κ1) is 18.8. The second-order valence-electron chi connectivity index (χ2n) is 5.65. The monoisotopic (exact) mass is 365 g/mol. The highest BCUT2D eigenvalue weighted by atomic mass is 32.2. The van der Waals surface area contributed by atoms with Crippen LogP contribution >= 0.6 is 11.8 Å². The van der Waals surface area contributed by atoms with Crippen molar-refractivity contribution < 1.29 is 13.2 Å². The Labute approximate surface area is 148 Å². The summed E-state index contributed by atoms with van der Waals surface area (Å²) in [4.78, 5) is 0.335. The standard InChI is InChI=1S/C18H23NO3S2/c1-15-7-9-17(10-8-15)22-11-12-23-14-16-5-4-6-18(13-16)24(20,21)19(2)3/h4-10,13H,11-12,14H2,1-3H3. The quantitative estimate of drug-likeness (QED) is 0.671. The van der Waals surface area contributed by atoms with E-state index in [0.717, 1.165) is 22.8 Å². The summed E-state index contributed by atoms with van der Waals surface area (Å²) in [5.41, 5.74) is 2.21. The maximum atomic E-state index is 12.1. The van der Waals surface area contributed by atoms with Crippen molar-refractivity contribution in [2.24, 2.45) is 0 Å². The molecule has 0 spiro atoms. The molecule has 6 heteroatoms. The Morgan fingerprint density at radius 1 is 1.08 bits per heavy atom. The third-order valence-corrected chi connectivity index (χ3v) is 6.27. The predicted molar refractivity (Wildman–Crippen MR) is 100 cm³/mol. The van der Waals surface area contributed by atoms with E-state index >= 15 is 0 Å². The van der Waals surface area contributed by atoms with E-state index < -0.39 is 10.0 Å². The average molecular weight is 366 g/mol. The zero-order valence-electron chi connectivity index (χ0n) is 14.2. The topological polar surface area (TPSA) is 46.6 Å². The fourth-order valence-electron chi connectivity index (χ4n) is 2.05. The lowest BCUT2D eigenvalue weighted by atomic mass is 10.2. The van der Waals surface area contributed by atoms with Crippen LogP contribution in [0.25, 0.3) is 0 Å². The van der Waals surface area contributed by atoms with E-state index in [2.05, 4.69) is 0 Å². The van der Waals surface area contributed by atoms with Crippen molar-refractivity contribution >= 4 is 21.8 Å². The maximum absolute atomic E-state index is 12.1. The second-order valence-corrected chi connectivity index (χ2v) is 8.91. The maximum Gasteiger partial charge on any atom is 0.242 e. The fourth-order valence-corrected chi connectivity index (χ4v) is 3.78. The molecule has 0 saturated heterocycles. The molecular formula is C18H23NO3S2. The van der Waals surface area contributed by atoms with Gasteiger partial charge < -0.3 is 4.74 Å². The summed E-state index contributed by atoms with van der Waals surface area (Å²) in [6.07, 6.45) is 0. The molecule has 0 amide bonds.